The molecule has 138 valence electrons. The van der Waals surface area contributed by atoms with Gasteiger partial charge in [-0.25, -0.2) is 4.98 Å². The van der Waals surface area contributed by atoms with Crippen LogP contribution in [0.4, 0.5) is 5.69 Å². The second-order valence-corrected chi connectivity index (χ2v) is 8.42. The topological polar surface area (TPSA) is 39.7 Å². The van der Waals surface area contributed by atoms with Gasteiger partial charge in [-0.15, -0.1) is 11.3 Å². The molecule has 1 atom stereocenters. The highest BCUT2D eigenvalue weighted by Gasteiger charge is 2.31. The van der Waals surface area contributed by atoms with Gasteiger partial charge in [0.2, 0.25) is 5.91 Å². The monoisotopic (exact) mass is 370 g/mol. The van der Waals surface area contributed by atoms with E-state index in [4.69, 9.17) is 0 Å². The number of hydrogen-bond donors (Lipinski definition) is 0. The molecular weight excluding hydrogens is 344 g/mol. The minimum atomic E-state index is 0.228. The number of aromatic nitrogens is 1. The maximum Gasteiger partial charge on any atom is 0.241 e. The second-order valence-electron chi connectivity index (χ2n) is 7.36. The number of thiazole rings is 1. The first-order chi connectivity index (χ1) is 12.6. The number of benzene rings is 1. The molecule has 5 nitrogen and oxygen atoms in total. The second kappa shape index (κ2) is 7.47. The van der Waals surface area contributed by atoms with Crippen molar-refractivity contribution in [1.29, 1.82) is 0 Å². The normalized spacial score (nSPS) is 21.2. The molecule has 6 heteroatoms. The third-order valence-electron chi connectivity index (χ3n) is 5.35. The number of para-hydroxylation sites is 1. The van der Waals surface area contributed by atoms with Gasteiger partial charge in [-0.3, -0.25) is 14.6 Å². The van der Waals surface area contributed by atoms with Crippen LogP contribution in [0.15, 0.2) is 29.6 Å². The van der Waals surface area contributed by atoms with Crippen molar-refractivity contribution in [2.75, 3.05) is 37.6 Å². The lowest BCUT2D eigenvalue weighted by Crippen LogP contribution is -2.50. The van der Waals surface area contributed by atoms with Crippen molar-refractivity contribution in [2.45, 2.75) is 32.9 Å². The van der Waals surface area contributed by atoms with E-state index in [2.05, 4.69) is 52.2 Å². The predicted molar refractivity (Wildman–Crippen MR) is 106 cm³/mol. The number of amides is 1. The number of carbonyl (C=O) groups excluding carboxylic acids is 1. The molecule has 0 bridgehead atoms. The third-order valence-corrected chi connectivity index (χ3v) is 6.17. The molecule has 26 heavy (non-hydrogen) atoms. The molecule has 1 aromatic carbocycles. The fourth-order valence-corrected chi connectivity index (χ4v) is 4.63. The molecule has 4 rings (SSSR count). The average molecular weight is 371 g/mol. The van der Waals surface area contributed by atoms with E-state index < -0.39 is 0 Å². The van der Waals surface area contributed by atoms with E-state index in [1.54, 1.807) is 11.3 Å². The van der Waals surface area contributed by atoms with Gasteiger partial charge in [0.15, 0.2) is 0 Å². The Balaban J connectivity index is 1.31. The fourth-order valence-electron chi connectivity index (χ4n) is 4.03. The van der Waals surface area contributed by atoms with Crippen LogP contribution in [-0.2, 0) is 17.8 Å². The average Bonchev–Trinajstić information content (AvgIpc) is 3.18. The number of hydrogen-bond acceptors (Lipinski definition) is 5. The van der Waals surface area contributed by atoms with Crippen LogP contribution in [0.1, 0.15) is 23.2 Å². The maximum atomic E-state index is 12.9. The minimum Gasteiger partial charge on any atom is -0.308 e. The number of carbonyl (C=O) groups is 1. The van der Waals surface area contributed by atoms with Crippen molar-refractivity contribution >= 4 is 22.9 Å². The van der Waals surface area contributed by atoms with Gasteiger partial charge in [0.25, 0.3) is 0 Å². The molecule has 0 N–H and O–H groups in total. The smallest absolute Gasteiger partial charge is 0.241 e. The van der Waals surface area contributed by atoms with E-state index in [9.17, 15) is 4.79 Å². The molecule has 0 radical (unpaired) electrons. The van der Waals surface area contributed by atoms with E-state index in [1.807, 2.05) is 11.0 Å². The Kier molecular flexibility index (Phi) is 5.07. The molecule has 1 fully saturated rings. The van der Waals surface area contributed by atoms with Crippen LogP contribution in [0.25, 0.3) is 0 Å². The molecule has 0 saturated carbocycles. The number of nitrogens with zero attached hydrogens (tertiary/aromatic N) is 4. The van der Waals surface area contributed by atoms with Crippen molar-refractivity contribution in [3.05, 3.63) is 45.9 Å². The highest BCUT2D eigenvalue weighted by Crippen LogP contribution is 2.31. The summed E-state index contributed by atoms with van der Waals surface area (Å²) in [6.45, 7) is 9.51. The summed E-state index contributed by atoms with van der Waals surface area (Å²) in [7, 11) is 0. The minimum absolute atomic E-state index is 0.228. The first-order valence-corrected chi connectivity index (χ1v) is 10.2. The standard InChI is InChI=1S/C20H26N4OS/c1-15-11-17-5-3-4-6-19(17)24(15)20(25)13-23-9-7-22(8-10-23)12-18-14-26-16(2)21-18/h3-6,14-15H,7-13H2,1-2H3/t15-/m0/s1. The largest absolute Gasteiger partial charge is 0.308 e. The van der Waals surface area contributed by atoms with Crippen LogP contribution in [0.2, 0.25) is 0 Å². The molecule has 2 aromatic rings. The quantitative estimate of drug-likeness (QED) is 0.829. The molecule has 2 aliphatic rings. The molecule has 2 aliphatic heterocycles. The molecular formula is C20H26N4OS. The zero-order valence-corrected chi connectivity index (χ0v) is 16.3. The lowest BCUT2D eigenvalue weighted by Gasteiger charge is -2.35. The predicted octanol–water partition coefficient (Wildman–Crippen LogP) is 2.55. The van der Waals surface area contributed by atoms with Gasteiger partial charge in [0.05, 0.1) is 17.2 Å². The number of rotatable bonds is 4. The Morgan fingerprint density at radius 3 is 2.65 bits per heavy atom. The molecule has 1 amide bonds. The summed E-state index contributed by atoms with van der Waals surface area (Å²) < 4.78 is 0. The number of piperazine rings is 1. The Labute approximate surface area is 159 Å². The zero-order chi connectivity index (χ0) is 18.1. The van der Waals surface area contributed by atoms with Gasteiger partial charge in [-0.2, -0.15) is 0 Å². The third kappa shape index (κ3) is 3.68. The van der Waals surface area contributed by atoms with Gasteiger partial charge in [0.1, 0.15) is 0 Å². The zero-order valence-electron chi connectivity index (χ0n) is 15.5. The molecule has 0 unspecified atom stereocenters. The van der Waals surface area contributed by atoms with Crippen molar-refractivity contribution in [2.24, 2.45) is 0 Å². The summed E-state index contributed by atoms with van der Waals surface area (Å²) in [4.78, 5) is 24.2. The van der Waals surface area contributed by atoms with Crippen molar-refractivity contribution in [3.8, 4) is 0 Å². The highest BCUT2D eigenvalue weighted by molar-refractivity contribution is 7.09. The SMILES string of the molecule is Cc1nc(CN2CCN(CC(=O)N3c4ccccc4C[C@@H]3C)CC2)cs1. The Morgan fingerprint density at radius 1 is 1.19 bits per heavy atom. The fraction of sp³-hybridized carbons (Fsp3) is 0.500. The van der Waals surface area contributed by atoms with Crippen LogP contribution < -0.4 is 4.90 Å². The van der Waals surface area contributed by atoms with E-state index >= 15 is 0 Å². The van der Waals surface area contributed by atoms with E-state index in [-0.39, 0.29) is 11.9 Å². The van der Waals surface area contributed by atoms with Crippen LogP contribution in [0.5, 0.6) is 0 Å². The first-order valence-electron chi connectivity index (χ1n) is 9.36. The van der Waals surface area contributed by atoms with Gasteiger partial charge in [-0.05, 0) is 31.9 Å². The van der Waals surface area contributed by atoms with Crippen LogP contribution in [0.3, 0.4) is 0 Å². The number of anilines is 1. The lowest BCUT2D eigenvalue weighted by atomic mass is 10.1. The van der Waals surface area contributed by atoms with Crippen LogP contribution in [0, 0.1) is 6.92 Å². The summed E-state index contributed by atoms with van der Waals surface area (Å²) in [5.41, 5.74) is 3.55. The van der Waals surface area contributed by atoms with Gasteiger partial charge in [0, 0.05) is 49.8 Å². The number of fused-ring (bicyclic) bond motifs is 1. The van der Waals surface area contributed by atoms with Gasteiger partial charge < -0.3 is 4.90 Å². The van der Waals surface area contributed by atoms with Gasteiger partial charge >= 0.3 is 0 Å². The Morgan fingerprint density at radius 2 is 1.92 bits per heavy atom. The number of aryl methyl sites for hydroxylation is 1. The van der Waals surface area contributed by atoms with Crippen molar-refractivity contribution < 1.29 is 4.79 Å². The summed E-state index contributed by atoms with van der Waals surface area (Å²) in [5, 5.41) is 3.28. The maximum absolute atomic E-state index is 12.9. The van der Waals surface area contributed by atoms with Crippen LogP contribution >= 0.6 is 11.3 Å². The summed E-state index contributed by atoms with van der Waals surface area (Å²) in [5.74, 6) is 0.228. The van der Waals surface area contributed by atoms with Crippen molar-refractivity contribution in [3.63, 3.8) is 0 Å². The Bertz CT molecular complexity index is 782. The Hall–Kier alpha value is -1.76. The van der Waals surface area contributed by atoms with E-state index in [0.717, 1.165) is 49.8 Å². The summed E-state index contributed by atoms with van der Waals surface area (Å²) in [6.07, 6.45) is 0.961. The van der Waals surface area contributed by atoms with Crippen molar-refractivity contribution in [1.82, 2.24) is 14.8 Å². The molecule has 1 aromatic heterocycles. The van der Waals surface area contributed by atoms with E-state index in [0.29, 0.717) is 6.54 Å². The summed E-state index contributed by atoms with van der Waals surface area (Å²) in [6, 6.07) is 8.55. The highest BCUT2D eigenvalue weighted by atomic mass is 32.1. The van der Waals surface area contributed by atoms with E-state index in [1.165, 1.54) is 11.3 Å². The molecule has 0 spiro atoms. The lowest BCUT2D eigenvalue weighted by molar-refractivity contribution is -0.120. The van der Waals surface area contributed by atoms with Gasteiger partial charge in [-0.1, -0.05) is 18.2 Å². The van der Waals surface area contributed by atoms with Crippen LogP contribution in [-0.4, -0.2) is 59.5 Å². The molecule has 3 heterocycles. The summed E-state index contributed by atoms with van der Waals surface area (Å²) >= 11 is 1.71. The molecule has 1 saturated heterocycles. The molecule has 0 aliphatic carbocycles. The first kappa shape index (κ1) is 17.6.